The van der Waals surface area contributed by atoms with Crippen LogP contribution in [-0.2, 0) is 11.0 Å². The normalized spacial score (nSPS) is 19.1. The number of alkyl halides is 3. The van der Waals surface area contributed by atoms with Gasteiger partial charge in [0.2, 0.25) is 5.91 Å². The van der Waals surface area contributed by atoms with E-state index in [1.54, 1.807) is 0 Å². The molecule has 0 bridgehead atoms. The van der Waals surface area contributed by atoms with Crippen LogP contribution in [0.3, 0.4) is 0 Å². The summed E-state index contributed by atoms with van der Waals surface area (Å²) in [7, 11) is 0. The molecular formula is C22H24F3N3O3. The van der Waals surface area contributed by atoms with Gasteiger partial charge >= 0.3 is 6.18 Å². The second-order valence-corrected chi connectivity index (χ2v) is 7.70. The minimum atomic E-state index is -4.89. The second kappa shape index (κ2) is 9.91. The highest BCUT2D eigenvalue weighted by molar-refractivity contribution is 5.91. The molecule has 1 aliphatic carbocycles. The van der Waals surface area contributed by atoms with E-state index in [4.69, 9.17) is 0 Å². The molecule has 166 valence electrons. The van der Waals surface area contributed by atoms with Gasteiger partial charge in [-0.15, -0.1) is 0 Å². The largest absolute Gasteiger partial charge is 0.423 e. The molecule has 2 N–H and O–H groups in total. The van der Waals surface area contributed by atoms with E-state index >= 15 is 0 Å². The molecule has 1 fully saturated rings. The van der Waals surface area contributed by atoms with Crippen molar-refractivity contribution in [2.45, 2.75) is 50.2 Å². The Morgan fingerprint density at radius 1 is 1.06 bits per heavy atom. The first-order valence-corrected chi connectivity index (χ1v) is 10.2. The summed E-state index contributed by atoms with van der Waals surface area (Å²) in [6, 6.07) is 13.1. The zero-order chi connectivity index (χ0) is 22.4. The summed E-state index contributed by atoms with van der Waals surface area (Å²) in [4.78, 5) is 21.8. The van der Waals surface area contributed by atoms with Crippen LogP contribution in [0.4, 0.5) is 24.5 Å². The zero-order valence-electron chi connectivity index (χ0n) is 16.8. The van der Waals surface area contributed by atoms with Crippen molar-refractivity contribution in [1.29, 1.82) is 0 Å². The van der Waals surface area contributed by atoms with E-state index in [1.807, 2.05) is 18.2 Å². The Kier molecular flexibility index (Phi) is 7.27. The van der Waals surface area contributed by atoms with Gasteiger partial charge in [0.05, 0.1) is 4.92 Å². The number of nitro groups is 1. The molecule has 6 nitrogen and oxygen atoms in total. The average Bonchev–Trinajstić information content (AvgIpc) is 2.74. The van der Waals surface area contributed by atoms with Gasteiger partial charge in [-0.05, 0) is 49.3 Å². The zero-order valence-corrected chi connectivity index (χ0v) is 16.8. The lowest BCUT2D eigenvalue weighted by Crippen LogP contribution is -2.34. The van der Waals surface area contributed by atoms with E-state index in [9.17, 15) is 28.1 Å². The summed E-state index contributed by atoms with van der Waals surface area (Å²) in [5.74, 6) is 0.0972. The lowest BCUT2D eigenvalue weighted by Gasteiger charge is -2.29. The molecule has 9 heteroatoms. The van der Waals surface area contributed by atoms with Gasteiger partial charge in [-0.3, -0.25) is 14.9 Å². The quantitative estimate of drug-likeness (QED) is 0.459. The maximum atomic E-state index is 13.0. The third-order valence-corrected chi connectivity index (χ3v) is 5.57. The van der Waals surface area contributed by atoms with Crippen LogP contribution in [0.15, 0.2) is 48.5 Å². The third kappa shape index (κ3) is 6.27. The molecule has 0 saturated heterocycles. The molecule has 0 atom stereocenters. The summed E-state index contributed by atoms with van der Waals surface area (Å²) < 4.78 is 39.1. The number of benzene rings is 2. The first-order valence-electron chi connectivity index (χ1n) is 10.2. The Hall–Kier alpha value is -2.94. The lowest BCUT2D eigenvalue weighted by atomic mass is 9.82. The fourth-order valence-corrected chi connectivity index (χ4v) is 3.97. The number of nitrogens with zero attached hydrogens (tertiary/aromatic N) is 1. The summed E-state index contributed by atoms with van der Waals surface area (Å²) in [5.41, 5.74) is -1.20. The van der Waals surface area contributed by atoms with Crippen molar-refractivity contribution in [3.8, 4) is 0 Å². The number of nitro benzene ring substituents is 1. The lowest BCUT2D eigenvalue weighted by molar-refractivity contribution is -0.388. The SMILES string of the molecule is O=C(CCN[C@H]1CC[C@H](c2ccccc2)CC1)Nc1ccc([N+](=O)[O-])c(C(F)(F)F)c1. The molecular weight excluding hydrogens is 411 g/mol. The van der Waals surface area contributed by atoms with E-state index in [2.05, 4.69) is 22.8 Å². The molecule has 0 unspecified atom stereocenters. The van der Waals surface area contributed by atoms with Gasteiger partial charge in [0.25, 0.3) is 5.69 Å². The van der Waals surface area contributed by atoms with E-state index < -0.39 is 28.3 Å². The van der Waals surface area contributed by atoms with Crippen LogP contribution >= 0.6 is 0 Å². The number of hydrogen-bond donors (Lipinski definition) is 2. The van der Waals surface area contributed by atoms with Crippen LogP contribution in [0.2, 0.25) is 0 Å². The van der Waals surface area contributed by atoms with Gasteiger partial charge in [-0.1, -0.05) is 30.3 Å². The highest BCUT2D eigenvalue weighted by Gasteiger charge is 2.38. The standard InChI is InChI=1S/C22H24F3N3O3/c23-22(24,25)19-14-18(10-11-20(19)28(30)31)27-21(29)12-13-26-17-8-6-16(7-9-17)15-4-2-1-3-5-15/h1-5,10-11,14,16-17,26H,6-9,12-13H2,(H,27,29)/t16-,17-. The van der Waals surface area contributed by atoms with E-state index in [0.717, 1.165) is 37.8 Å². The summed E-state index contributed by atoms with van der Waals surface area (Å²) in [6.45, 7) is 0.408. The molecule has 1 aliphatic rings. The minimum Gasteiger partial charge on any atom is -0.326 e. The predicted molar refractivity (Wildman–Crippen MR) is 111 cm³/mol. The Bertz CT molecular complexity index is 911. The van der Waals surface area contributed by atoms with Gasteiger partial charge in [0.1, 0.15) is 5.56 Å². The minimum absolute atomic E-state index is 0.0942. The number of hydrogen-bond acceptors (Lipinski definition) is 4. The molecule has 2 aromatic carbocycles. The van der Waals surface area contributed by atoms with Gasteiger partial charge < -0.3 is 10.6 Å². The summed E-state index contributed by atoms with van der Waals surface area (Å²) >= 11 is 0. The molecule has 0 heterocycles. The Labute approximate surface area is 178 Å². The molecule has 31 heavy (non-hydrogen) atoms. The van der Waals surface area contributed by atoms with Crippen LogP contribution < -0.4 is 10.6 Å². The predicted octanol–water partition coefficient (Wildman–Crippen LogP) is 5.26. The number of nitrogens with one attached hydrogen (secondary N) is 2. The van der Waals surface area contributed by atoms with Crippen LogP contribution in [0.25, 0.3) is 0 Å². The molecule has 2 aromatic rings. The van der Waals surface area contributed by atoms with Gasteiger partial charge in [0, 0.05) is 30.8 Å². The Balaban J connectivity index is 1.45. The van der Waals surface area contributed by atoms with Crippen LogP contribution in [-0.4, -0.2) is 23.4 Å². The van der Waals surface area contributed by atoms with Crippen molar-refractivity contribution < 1.29 is 22.9 Å². The molecule has 1 amide bonds. The van der Waals surface area contributed by atoms with Crippen LogP contribution in [0, 0.1) is 10.1 Å². The third-order valence-electron chi connectivity index (χ3n) is 5.57. The van der Waals surface area contributed by atoms with Gasteiger partial charge in [-0.25, -0.2) is 0 Å². The van der Waals surface area contributed by atoms with Crippen molar-refractivity contribution in [2.24, 2.45) is 0 Å². The average molecular weight is 435 g/mol. The number of anilines is 1. The number of halogens is 3. The van der Waals surface area contributed by atoms with Crippen LogP contribution in [0.1, 0.15) is 49.1 Å². The van der Waals surface area contributed by atoms with E-state index in [0.29, 0.717) is 24.6 Å². The first kappa shape index (κ1) is 22.7. The van der Waals surface area contributed by atoms with Crippen LogP contribution in [0.5, 0.6) is 0 Å². The summed E-state index contributed by atoms with van der Waals surface area (Å²) in [5, 5.41) is 16.5. The van der Waals surface area contributed by atoms with Crippen molar-refractivity contribution in [1.82, 2.24) is 5.32 Å². The molecule has 0 aliphatic heterocycles. The maximum Gasteiger partial charge on any atom is 0.423 e. The van der Waals surface area contributed by atoms with E-state index in [1.165, 1.54) is 5.56 Å². The monoisotopic (exact) mass is 435 g/mol. The summed E-state index contributed by atoms with van der Waals surface area (Å²) in [6.07, 6.45) is -0.662. The van der Waals surface area contributed by atoms with Gasteiger partial charge in [-0.2, -0.15) is 13.2 Å². The molecule has 0 aromatic heterocycles. The Morgan fingerprint density at radius 3 is 2.35 bits per heavy atom. The number of amides is 1. The maximum absolute atomic E-state index is 13.0. The molecule has 0 radical (unpaired) electrons. The second-order valence-electron chi connectivity index (χ2n) is 7.70. The first-order chi connectivity index (χ1) is 14.7. The molecule has 3 rings (SSSR count). The van der Waals surface area contributed by atoms with E-state index in [-0.39, 0.29) is 12.1 Å². The number of rotatable bonds is 7. The molecule has 0 spiro atoms. The van der Waals surface area contributed by atoms with Gasteiger partial charge in [0.15, 0.2) is 0 Å². The van der Waals surface area contributed by atoms with Crippen molar-refractivity contribution in [2.75, 3.05) is 11.9 Å². The smallest absolute Gasteiger partial charge is 0.326 e. The fourth-order valence-electron chi connectivity index (χ4n) is 3.97. The highest BCUT2D eigenvalue weighted by atomic mass is 19.4. The number of carbonyl (C=O) groups excluding carboxylic acids is 1. The van der Waals surface area contributed by atoms with Crippen molar-refractivity contribution in [3.05, 3.63) is 69.8 Å². The topological polar surface area (TPSA) is 84.3 Å². The molecule has 1 saturated carbocycles. The highest BCUT2D eigenvalue weighted by Crippen LogP contribution is 2.37. The fraction of sp³-hybridized carbons (Fsp3) is 0.409. The van der Waals surface area contributed by atoms with Crippen molar-refractivity contribution in [3.63, 3.8) is 0 Å². The Morgan fingerprint density at radius 2 is 1.74 bits per heavy atom. The number of carbonyl (C=O) groups is 1. The van der Waals surface area contributed by atoms with Crippen molar-refractivity contribution >= 4 is 17.3 Å².